The van der Waals surface area contributed by atoms with Gasteiger partial charge in [0.1, 0.15) is 5.75 Å². The third-order valence-electron chi connectivity index (χ3n) is 7.79. The maximum absolute atomic E-state index is 12.9. The lowest BCUT2D eigenvalue weighted by molar-refractivity contribution is 0.0979. The number of rotatable bonds is 18. The summed E-state index contributed by atoms with van der Waals surface area (Å²) in [5.74, 6) is 0.533. The molecule has 0 aromatic heterocycles. The normalized spacial score (nSPS) is 12.5. The number of carbonyl (C=O) groups excluding carboxylic acids is 2. The molecule has 0 heterocycles. The van der Waals surface area contributed by atoms with Gasteiger partial charge in [-0.25, -0.2) is 0 Å². The topological polar surface area (TPSA) is 68.1 Å². The van der Waals surface area contributed by atoms with E-state index in [1.807, 2.05) is 24.3 Å². The van der Waals surface area contributed by atoms with Crippen LogP contribution in [-0.2, 0) is 0 Å². The lowest BCUT2D eigenvalue weighted by atomic mass is 9.84. The molecule has 0 atom stereocenters. The first-order valence-corrected chi connectivity index (χ1v) is 15.6. The van der Waals surface area contributed by atoms with E-state index in [2.05, 4.69) is 17.2 Å². The number of hydrogen-bond acceptors (Lipinski definition) is 5. The molecule has 0 aliphatic heterocycles. The standard InChI is InChI=1S/C36H44N2O3/c1-2-3-4-5-6-7-8-9-10-11-12-13-14-17-26-41-30-23-20-28(21-24-30)37-38-29-22-25-33-34(27-29)36(40)32-19-16-15-18-31(32)35(33)39/h15-16,18-25,27H,2-14,17,26H2,1H3. The highest BCUT2D eigenvalue weighted by Crippen LogP contribution is 2.30. The number of azo groups is 1. The van der Waals surface area contributed by atoms with Gasteiger partial charge in [0.2, 0.25) is 0 Å². The highest BCUT2D eigenvalue weighted by molar-refractivity contribution is 6.28. The van der Waals surface area contributed by atoms with Crippen molar-refractivity contribution >= 4 is 22.9 Å². The van der Waals surface area contributed by atoms with Crippen LogP contribution in [-0.4, -0.2) is 18.2 Å². The van der Waals surface area contributed by atoms with Gasteiger partial charge in [-0.05, 0) is 48.9 Å². The zero-order valence-corrected chi connectivity index (χ0v) is 24.6. The number of ether oxygens (including phenoxy) is 1. The van der Waals surface area contributed by atoms with Gasteiger partial charge in [-0.2, -0.15) is 10.2 Å². The lowest BCUT2D eigenvalue weighted by Gasteiger charge is -2.17. The zero-order valence-electron chi connectivity index (χ0n) is 24.6. The van der Waals surface area contributed by atoms with Crippen molar-refractivity contribution in [3.8, 4) is 5.75 Å². The lowest BCUT2D eigenvalue weighted by Crippen LogP contribution is -2.20. The summed E-state index contributed by atoms with van der Waals surface area (Å²) in [6.07, 6.45) is 18.9. The number of benzene rings is 3. The summed E-state index contributed by atoms with van der Waals surface area (Å²) in [7, 11) is 0. The average Bonchev–Trinajstić information content (AvgIpc) is 3.01. The fraction of sp³-hybridized carbons (Fsp3) is 0.444. The summed E-state index contributed by atoms with van der Waals surface area (Å²) < 4.78 is 5.90. The summed E-state index contributed by atoms with van der Waals surface area (Å²) >= 11 is 0. The summed E-state index contributed by atoms with van der Waals surface area (Å²) in [4.78, 5) is 25.7. The molecule has 0 amide bonds. The molecule has 216 valence electrons. The van der Waals surface area contributed by atoms with Crippen LogP contribution >= 0.6 is 0 Å². The van der Waals surface area contributed by atoms with Crippen LogP contribution < -0.4 is 4.74 Å². The van der Waals surface area contributed by atoms with Crippen LogP contribution in [0.4, 0.5) is 11.4 Å². The summed E-state index contributed by atoms with van der Waals surface area (Å²) in [6, 6.07) is 19.5. The molecule has 0 radical (unpaired) electrons. The minimum atomic E-state index is -0.160. The Kier molecular flexibility index (Phi) is 12.3. The van der Waals surface area contributed by atoms with Crippen molar-refractivity contribution in [3.05, 3.63) is 89.0 Å². The maximum Gasteiger partial charge on any atom is 0.194 e. The SMILES string of the molecule is CCCCCCCCCCCCCCCCOc1ccc(N=Nc2ccc3c(c2)C(=O)c2ccccc2C3=O)cc1. The van der Waals surface area contributed by atoms with E-state index < -0.39 is 0 Å². The second-order valence-corrected chi connectivity index (χ2v) is 11.1. The molecule has 4 rings (SSSR count). The quantitative estimate of drug-likeness (QED) is 0.0910. The fourth-order valence-electron chi connectivity index (χ4n) is 5.36. The molecule has 41 heavy (non-hydrogen) atoms. The fourth-order valence-corrected chi connectivity index (χ4v) is 5.36. The van der Waals surface area contributed by atoms with Crippen molar-refractivity contribution in [2.45, 2.75) is 96.8 Å². The van der Waals surface area contributed by atoms with Crippen LogP contribution in [0.15, 0.2) is 77.0 Å². The van der Waals surface area contributed by atoms with E-state index in [4.69, 9.17) is 4.74 Å². The Bertz CT molecular complexity index is 1300. The molecule has 0 fully saturated rings. The summed E-state index contributed by atoms with van der Waals surface area (Å²) in [5.41, 5.74) is 2.89. The molecule has 0 bridgehead atoms. The van der Waals surface area contributed by atoms with Gasteiger partial charge in [0.15, 0.2) is 11.6 Å². The zero-order chi connectivity index (χ0) is 28.7. The Labute approximate surface area is 245 Å². The first kappa shape index (κ1) is 30.4. The van der Waals surface area contributed by atoms with Gasteiger partial charge in [0.05, 0.1) is 18.0 Å². The van der Waals surface area contributed by atoms with E-state index in [1.165, 1.54) is 83.5 Å². The molecule has 5 heteroatoms. The van der Waals surface area contributed by atoms with Gasteiger partial charge in [-0.15, -0.1) is 0 Å². The van der Waals surface area contributed by atoms with Crippen molar-refractivity contribution in [1.29, 1.82) is 0 Å². The average molecular weight is 553 g/mol. The van der Waals surface area contributed by atoms with Crippen molar-refractivity contribution in [2.75, 3.05) is 6.61 Å². The monoisotopic (exact) mass is 552 g/mol. The van der Waals surface area contributed by atoms with Gasteiger partial charge in [-0.3, -0.25) is 9.59 Å². The Morgan fingerprint density at radius 3 is 1.56 bits per heavy atom. The second kappa shape index (κ2) is 16.6. The minimum absolute atomic E-state index is 0.136. The molecule has 1 aliphatic rings. The predicted molar refractivity (Wildman–Crippen MR) is 166 cm³/mol. The van der Waals surface area contributed by atoms with Gasteiger partial charge < -0.3 is 4.74 Å². The number of carbonyl (C=O) groups is 2. The molecular weight excluding hydrogens is 508 g/mol. The van der Waals surface area contributed by atoms with E-state index in [-0.39, 0.29) is 11.6 Å². The Hall–Kier alpha value is -3.60. The molecule has 1 aliphatic carbocycles. The number of fused-ring (bicyclic) bond motifs is 2. The van der Waals surface area contributed by atoms with Gasteiger partial charge in [-0.1, -0.05) is 115 Å². The predicted octanol–water partition coefficient (Wildman–Crippen LogP) is 10.7. The molecule has 0 spiro atoms. The van der Waals surface area contributed by atoms with Crippen molar-refractivity contribution in [1.82, 2.24) is 0 Å². The van der Waals surface area contributed by atoms with Crippen molar-refractivity contribution in [3.63, 3.8) is 0 Å². The first-order chi connectivity index (χ1) is 20.2. The van der Waals surface area contributed by atoms with Crippen LogP contribution in [0.5, 0.6) is 5.75 Å². The van der Waals surface area contributed by atoms with Gasteiger partial charge >= 0.3 is 0 Å². The minimum Gasteiger partial charge on any atom is -0.494 e. The molecule has 0 saturated carbocycles. The summed E-state index contributed by atoms with van der Waals surface area (Å²) in [5, 5.41) is 8.60. The van der Waals surface area contributed by atoms with Crippen LogP contribution in [0.1, 0.15) is 129 Å². The van der Waals surface area contributed by atoms with Crippen LogP contribution in [0.3, 0.4) is 0 Å². The smallest absolute Gasteiger partial charge is 0.194 e. The van der Waals surface area contributed by atoms with Gasteiger partial charge in [0, 0.05) is 22.3 Å². The van der Waals surface area contributed by atoms with Crippen molar-refractivity contribution in [2.24, 2.45) is 10.2 Å². The molecule has 0 saturated heterocycles. The molecule has 3 aromatic carbocycles. The van der Waals surface area contributed by atoms with Crippen LogP contribution in [0.2, 0.25) is 0 Å². The molecular formula is C36H44N2O3. The molecule has 3 aromatic rings. The molecule has 0 unspecified atom stereocenters. The Morgan fingerprint density at radius 2 is 0.976 bits per heavy atom. The number of ketones is 2. The third-order valence-corrected chi connectivity index (χ3v) is 7.79. The third kappa shape index (κ3) is 9.21. The Morgan fingerprint density at radius 1 is 0.512 bits per heavy atom. The van der Waals surface area contributed by atoms with E-state index in [0.717, 1.165) is 18.8 Å². The van der Waals surface area contributed by atoms with E-state index in [1.54, 1.807) is 42.5 Å². The van der Waals surface area contributed by atoms with Crippen molar-refractivity contribution < 1.29 is 14.3 Å². The van der Waals surface area contributed by atoms with E-state index >= 15 is 0 Å². The number of hydrogen-bond donors (Lipinski definition) is 0. The van der Waals surface area contributed by atoms with E-state index in [0.29, 0.717) is 33.6 Å². The Balaban J connectivity index is 1.10. The number of nitrogens with zero attached hydrogens (tertiary/aromatic N) is 2. The van der Waals surface area contributed by atoms with Crippen LogP contribution in [0.25, 0.3) is 0 Å². The first-order valence-electron chi connectivity index (χ1n) is 15.6. The summed E-state index contributed by atoms with van der Waals surface area (Å²) in [6.45, 7) is 3.00. The van der Waals surface area contributed by atoms with Gasteiger partial charge in [0.25, 0.3) is 0 Å². The maximum atomic E-state index is 12.9. The highest BCUT2D eigenvalue weighted by atomic mass is 16.5. The highest BCUT2D eigenvalue weighted by Gasteiger charge is 2.29. The van der Waals surface area contributed by atoms with Crippen LogP contribution in [0, 0.1) is 0 Å². The molecule has 0 N–H and O–H groups in total. The molecule has 5 nitrogen and oxygen atoms in total. The van der Waals surface area contributed by atoms with E-state index in [9.17, 15) is 9.59 Å². The second-order valence-electron chi connectivity index (χ2n) is 11.1. The largest absolute Gasteiger partial charge is 0.494 e. The number of unbranched alkanes of at least 4 members (excludes halogenated alkanes) is 13.